The van der Waals surface area contributed by atoms with Crippen molar-refractivity contribution in [3.8, 4) is 0 Å². The fraction of sp³-hybridized carbons (Fsp3) is 0.429. The van der Waals surface area contributed by atoms with Crippen LogP contribution in [-0.2, 0) is 4.79 Å². The summed E-state index contributed by atoms with van der Waals surface area (Å²) in [7, 11) is 0. The highest BCUT2D eigenvalue weighted by atomic mass is 35.5. The van der Waals surface area contributed by atoms with Crippen LogP contribution >= 0.6 is 23.2 Å². The summed E-state index contributed by atoms with van der Waals surface area (Å²) >= 11 is 11.9. The third-order valence-corrected chi connectivity index (χ3v) is 4.72. The molecule has 0 radical (unpaired) electrons. The van der Waals surface area contributed by atoms with Gasteiger partial charge in [0.15, 0.2) is 0 Å². The topological polar surface area (TPSA) is 41.5 Å². The van der Waals surface area contributed by atoms with Crippen LogP contribution in [0.1, 0.15) is 31.4 Å². The second-order valence-electron chi connectivity index (χ2n) is 5.17. The third kappa shape index (κ3) is 2.63. The molecule has 0 bridgehead atoms. The highest BCUT2D eigenvalue weighted by molar-refractivity contribution is 6.53. The SMILES string of the molecule is C/C(=N\NC(=O)C1(C)CC1(Cl)Cl)c1ccccc1C. The number of nitrogens with zero attached hydrogens (tertiary/aromatic N) is 1. The molecule has 1 unspecified atom stereocenters. The number of aryl methyl sites for hydroxylation is 1. The molecule has 5 heteroatoms. The Kier molecular flexibility index (Phi) is 3.63. The number of hydrogen-bond acceptors (Lipinski definition) is 2. The minimum absolute atomic E-state index is 0.245. The van der Waals surface area contributed by atoms with Crippen molar-refractivity contribution < 1.29 is 4.79 Å². The quantitative estimate of drug-likeness (QED) is 0.518. The van der Waals surface area contributed by atoms with Gasteiger partial charge in [-0.2, -0.15) is 5.10 Å². The molecule has 1 saturated carbocycles. The summed E-state index contributed by atoms with van der Waals surface area (Å²) < 4.78 is -0.969. The Morgan fingerprint density at radius 2 is 1.95 bits per heavy atom. The Balaban J connectivity index is 2.08. The van der Waals surface area contributed by atoms with E-state index in [1.807, 2.05) is 38.1 Å². The maximum Gasteiger partial charge on any atom is 0.249 e. The van der Waals surface area contributed by atoms with E-state index in [1.54, 1.807) is 6.92 Å². The van der Waals surface area contributed by atoms with Crippen molar-refractivity contribution >= 4 is 34.8 Å². The van der Waals surface area contributed by atoms with Gasteiger partial charge in [-0.15, -0.1) is 23.2 Å². The Bertz CT molecular complexity index is 554. The first-order chi connectivity index (χ1) is 8.78. The van der Waals surface area contributed by atoms with Crippen molar-refractivity contribution in [2.24, 2.45) is 10.5 Å². The number of carbonyl (C=O) groups excluding carboxylic acids is 1. The van der Waals surface area contributed by atoms with E-state index in [0.717, 1.165) is 16.8 Å². The van der Waals surface area contributed by atoms with Gasteiger partial charge in [0.1, 0.15) is 4.33 Å². The van der Waals surface area contributed by atoms with E-state index >= 15 is 0 Å². The summed E-state index contributed by atoms with van der Waals surface area (Å²) in [6, 6.07) is 7.87. The molecule has 1 atom stereocenters. The lowest BCUT2D eigenvalue weighted by Gasteiger charge is -2.10. The van der Waals surface area contributed by atoms with Gasteiger partial charge in [-0.05, 0) is 32.8 Å². The predicted octanol–water partition coefficient (Wildman–Crippen LogP) is 3.42. The number of amides is 1. The summed E-state index contributed by atoms with van der Waals surface area (Å²) in [6.45, 7) is 5.59. The average molecular weight is 299 g/mol. The first kappa shape index (κ1) is 14.4. The molecule has 0 spiro atoms. The molecule has 1 N–H and O–H groups in total. The van der Waals surface area contributed by atoms with Gasteiger partial charge in [-0.1, -0.05) is 24.3 Å². The number of carbonyl (C=O) groups is 1. The van der Waals surface area contributed by atoms with E-state index in [-0.39, 0.29) is 5.91 Å². The van der Waals surface area contributed by atoms with Gasteiger partial charge in [0.05, 0.1) is 11.1 Å². The van der Waals surface area contributed by atoms with Crippen LogP contribution in [0.2, 0.25) is 0 Å². The Morgan fingerprint density at radius 1 is 1.37 bits per heavy atom. The number of halogens is 2. The first-order valence-corrected chi connectivity index (χ1v) is 6.82. The van der Waals surface area contributed by atoms with E-state index in [4.69, 9.17) is 23.2 Å². The van der Waals surface area contributed by atoms with Crippen LogP contribution in [0.15, 0.2) is 29.4 Å². The van der Waals surface area contributed by atoms with Crippen LogP contribution in [0.5, 0.6) is 0 Å². The smallest absolute Gasteiger partial charge is 0.249 e. The number of hydrazone groups is 1. The number of rotatable bonds is 3. The molecular weight excluding hydrogens is 283 g/mol. The van der Waals surface area contributed by atoms with Crippen LogP contribution in [0.25, 0.3) is 0 Å². The van der Waals surface area contributed by atoms with Crippen molar-refractivity contribution in [3.05, 3.63) is 35.4 Å². The Labute approximate surface area is 123 Å². The zero-order valence-corrected chi connectivity index (χ0v) is 12.6. The van der Waals surface area contributed by atoms with Gasteiger partial charge < -0.3 is 0 Å². The second-order valence-corrected chi connectivity index (χ2v) is 6.65. The molecule has 1 fully saturated rings. The summed E-state index contributed by atoms with van der Waals surface area (Å²) in [6.07, 6.45) is 0.452. The van der Waals surface area contributed by atoms with Crippen molar-refractivity contribution in [2.45, 2.75) is 31.5 Å². The standard InChI is InChI=1S/C14H16Cl2N2O/c1-9-6-4-5-7-11(9)10(2)17-18-12(19)13(3)8-14(13,15)16/h4-7H,8H2,1-3H3,(H,18,19)/b17-10+. The van der Waals surface area contributed by atoms with Crippen LogP contribution in [-0.4, -0.2) is 16.0 Å². The molecule has 1 amide bonds. The molecule has 0 aliphatic heterocycles. The van der Waals surface area contributed by atoms with E-state index < -0.39 is 9.75 Å². The molecule has 1 aliphatic rings. The van der Waals surface area contributed by atoms with Crippen molar-refractivity contribution in [2.75, 3.05) is 0 Å². The zero-order chi connectivity index (χ0) is 14.3. The third-order valence-electron chi connectivity index (χ3n) is 3.62. The summed E-state index contributed by atoms with van der Waals surface area (Å²) in [5.41, 5.74) is 4.67. The molecule has 0 aromatic heterocycles. The van der Waals surface area contributed by atoms with Crippen LogP contribution in [0.3, 0.4) is 0 Å². The van der Waals surface area contributed by atoms with Gasteiger partial charge in [-0.3, -0.25) is 4.79 Å². The Hall–Kier alpha value is -1.06. The number of hydrogen-bond donors (Lipinski definition) is 1. The fourth-order valence-electron chi connectivity index (χ4n) is 1.94. The van der Waals surface area contributed by atoms with Gasteiger partial charge in [0, 0.05) is 5.56 Å². The predicted molar refractivity (Wildman–Crippen MR) is 78.7 cm³/mol. The molecule has 0 heterocycles. The maximum absolute atomic E-state index is 12.0. The monoisotopic (exact) mass is 298 g/mol. The lowest BCUT2D eigenvalue weighted by atomic mass is 10.1. The summed E-state index contributed by atoms with van der Waals surface area (Å²) in [5, 5.41) is 4.13. The molecule has 2 rings (SSSR count). The Morgan fingerprint density at radius 3 is 2.47 bits per heavy atom. The highest BCUT2D eigenvalue weighted by Crippen LogP contribution is 2.63. The molecule has 1 aliphatic carbocycles. The second kappa shape index (κ2) is 4.80. The highest BCUT2D eigenvalue weighted by Gasteiger charge is 2.68. The molecule has 1 aromatic rings. The number of nitrogens with one attached hydrogen (secondary N) is 1. The van der Waals surface area contributed by atoms with Gasteiger partial charge in [0.2, 0.25) is 5.91 Å². The molecule has 19 heavy (non-hydrogen) atoms. The molecule has 3 nitrogen and oxygen atoms in total. The molecule has 102 valence electrons. The van der Waals surface area contributed by atoms with Crippen LogP contribution in [0.4, 0.5) is 0 Å². The number of benzene rings is 1. The average Bonchev–Trinajstić information content (AvgIpc) is 2.87. The molecule has 0 saturated heterocycles. The van der Waals surface area contributed by atoms with Crippen molar-refractivity contribution in [1.82, 2.24) is 5.43 Å². The van der Waals surface area contributed by atoms with Gasteiger partial charge in [0.25, 0.3) is 0 Å². The van der Waals surface area contributed by atoms with E-state index in [1.165, 1.54) is 0 Å². The van der Waals surface area contributed by atoms with Crippen molar-refractivity contribution in [1.29, 1.82) is 0 Å². The molecular formula is C14H16Cl2N2O. The van der Waals surface area contributed by atoms with Crippen LogP contribution < -0.4 is 5.43 Å². The largest absolute Gasteiger partial charge is 0.272 e. The van der Waals surface area contributed by atoms with Crippen molar-refractivity contribution in [3.63, 3.8) is 0 Å². The zero-order valence-electron chi connectivity index (χ0n) is 11.1. The van der Waals surface area contributed by atoms with E-state index in [2.05, 4.69) is 10.5 Å². The lowest BCUT2D eigenvalue weighted by molar-refractivity contribution is -0.125. The lowest BCUT2D eigenvalue weighted by Crippen LogP contribution is -2.30. The maximum atomic E-state index is 12.0. The van der Waals surface area contributed by atoms with Gasteiger partial charge >= 0.3 is 0 Å². The minimum Gasteiger partial charge on any atom is -0.272 e. The van der Waals surface area contributed by atoms with Crippen LogP contribution in [0, 0.1) is 12.3 Å². The van der Waals surface area contributed by atoms with E-state index in [9.17, 15) is 4.79 Å². The normalized spacial score (nSPS) is 25.0. The first-order valence-electron chi connectivity index (χ1n) is 6.06. The molecule has 1 aromatic carbocycles. The van der Waals surface area contributed by atoms with Gasteiger partial charge in [-0.25, -0.2) is 5.43 Å². The fourth-order valence-corrected chi connectivity index (χ4v) is 2.65. The van der Waals surface area contributed by atoms with E-state index in [0.29, 0.717) is 6.42 Å². The summed E-state index contributed by atoms with van der Waals surface area (Å²) in [4.78, 5) is 12.0. The number of alkyl halides is 2. The summed E-state index contributed by atoms with van der Waals surface area (Å²) in [5.74, 6) is -0.245. The minimum atomic E-state index is -0.969.